The number of nitrogens with one attached hydrogen (secondary N) is 1. The second kappa shape index (κ2) is 7.28. The molecule has 2 atom stereocenters. The lowest BCUT2D eigenvalue weighted by Crippen LogP contribution is -2.19. The van der Waals surface area contributed by atoms with Crippen molar-refractivity contribution in [1.82, 2.24) is 9.97 Å². The molecule has 1 amide bonds. The highest BCUT2D eigenvalue weighted by Crippen LogP contribution is 2.22. The quantitative estimate of drug-likeness (QED) is 0.727. The molecule has 2 rings (SSSR count). The number of carbonyl (C=O) groups excluding carboxylic acids is 1. The number of rotatable bonds is 7. The van der Waals surface area contributed by atoms with Crippen molar-refractivity contribution in [2.24, 2.45) is 5.73 Å². The number of primary amides is 1. The van der Waals surface area contributed by atoms with Gasteiger partial charge in [-0.15, -0.1) is 0 Å². The number of aromatic amines is 1. The summed E-state index contributed by atoms with van der Waals surface area (Å²) in [5.41, 5.74) is 7.83. The van der Waals surface area contributed by atoms with Crippen molar-refractivity contribution in [2.45, 2.75) is 39.2 Å². The molecule has 2 aromatic rings. The van der Waals surface area contributed by atoms with Crippen LogP contribution in [-0.4, -0.2) is 33.7 Å². The number of ether oxygens (including phenoxy) is 1. The average Bonchev–Trinajstić information content (AvgIpc) is 2.96. The Bertz CT molecular complexity index is 679. The smallest absolute Gasteiger partial charge is 0.266 e. The van der Waals surface area contributed by atoms with Gasteiger partial charge in [0.1, 0.15) is 17.3 Å². The van der Waals surface area contributed by atoms with Crippen LogP contribution in [-0.2, 0) is 0 Å². The van der Waals surface area contributed by atoms with Crippen molar-refractivity contribution >= 4 is 5.91 Å². The van der Waals surface area contributed by atoms with Crippen LogP contribution in [0.1, 0.15) is 46.7 Å². The van der Waals surface area contributed by atoms with Gasteiger partial charge in [0, 0.05) is 5.92 Å². The molecule has 0 aliphatic carbocycles. The number of nitrogens with zero attached hydrogens (tertiary/aromatic N) is 1. The lowest BCUT2D eigenvalue weighted by molar-refractivity contribution is 0.0995. The van der Waals surface area contributed by atoms with Crippen LogP contribution in [0.25, 0.3) is 0 Å². The van der Waals surface area contributed by atoms with E-state index in [0.717, 1.165) is 5.75 Å². The number of H-pyrrole nitrogens is 1. The lowest BCUT2D eigenvalue weighted by atomic mass is 9.99. The number of imidazole rings is 1. The van der Waals surface area contributed by atoms with Crippen molar-refractivity contribution in [1.29, 1.82) is 0 Å². The van der Waals surface area contributed by atoms with Gasteiger partial charge in [-0.25, -0.2) is 4.98 Å². The van der Waals surface area contributed by atoms with Gasteiger partial charge in [0.05, 0.1) is 18.9 Å². The SMILES string of the molecule is Cc1ccc(OCC[C@H](c2ncc(C(N)=O)[nH]2)[C@H](C)O)cc1C. The van der Waals surface area contributed by atoms with Gasteiger partial charge in [-0.05, 0) is 50.5 Å². The maximum Gasteiger partial charge on any atom is 0.266 e. The zero-order valence-corrected chi connectivity index (χ0v) is 13.7. The summed E-state index contributed by atoms with van der Waals surface area (Å²) >= 11 is 0. The average molecular weight is 317 g/mol. The van der Waals surface area contributed by atoms with E-state index >= 15 is 0 Å². The minimum absolute atomic E-state index is 0.237. The first kappa shape index (κ1) is 17.0. The van der Waals surface area contributed by atoms with Gasteiger partial charge < -0.3 is 20.6 Å². The first-order valence-corrected chi connectivity index (χ1v) is 7.61. The molecule has 0 saturated carbocycles. The zero-order valence-electron chi connectivity index (χ0n) is 13.7. The van der Waals surface area contributed by atoms with E-state index in [1.54, 1.807) is 6.92 Å². The van der Waals surface area contributed by atoms with E-state index in [1.807, 2.05) is 25.1 Å². The topological polar surface area (TPSA) is 101 Å². The molecule has 0 spiro atoms. The number of hydrogen-bond acceptors (Lipinski definition) is 4. The van der Waals surface area contributed by atoms with Crippen LogP contribution in [0.3, 0.4) is 0 Å². The Kier molecular flexibility index (Phi) is 5.39. The molecule has 1 aromatic carbocycles. The van der Waals surface area contributed by atoms with Gasteiger partial charge in [0.2, 0.25) is 0 Å². The van der Waals surface area contributed by atoms with E-state index in [9.17, 15) is 9.90 Å². The highest BCUT2D eigenvalue weighted by Gasteiger charge is 2.21. The van der Waals surface area contributed by atoms with Gasteiger partial charge in [-0.1, -0.05) is 6.07 Å². The Morgan fingerprint density at radius 3 is 2.70 bits per heavy atom. The third-order valence-electron chi connectivity index (χ3n) is 3.97. The van der Waals surface area contributed by atoms with Crippen LogP contribution in [0, 0.1) is 13.8 Å². The van der Waals surface area contributed by atoms with E-state index in [1.165, 1.54) is 17.3 Å². The molecule has 1 aromatic heterocycles. The first-order chi connectivity index (χ1) is 10.9. The molecule has 4 N–H and O–H groups in total. The van der Waals surface area contributed by atoms with Gasteiger partial charge in [0.25, 0.3) is 5.91 Å². The Hall–Kier alpha value is -2.34. The van der Waals surface area contributed by atoms with E-state index in [-0.39, 0.29) is 11.6 Å². The van der Waals surface area contributed by atoms with Gasteiger partial charge in [0.15, 0.2) is 0 Å². The molecule has 1 heterocycles. The summed E-state index contributed by atoms with van der Waals surface area (Å²) in [5, 5.41) is 9.96. The maximum atomic E-state index is 11.1. The number of benzene rings is 1. The summed E-state index contributed by atoms with van der Waals surface area (Å²) < 4.78 is 5.75. The molecule has 6 heteroatoms. The predicted octanol–water partition coefficient (Wildman–Crippen LogP) is 2.06. The number of hydrogen-bond donors (Lipinski definition) is 3. The van der Waals surface area contributed by atoms with Crippen LogP contribution in [0.2, 0.25) is 0 Å². The molecule has 0 aliphatic rings. The van der Waals surface area contributed by atoms with E-state index < -0.39 is 12.0 Å². The number of aromatic nitrogens is 2. The summed E-state index contributed by atoms with van der Waals surface area (Å²) in [6.45, 7) is 6.21. The van der Waals surface area contributed by atoms with E-state index in [4.69, 9.17) is 10.5 Å². The molecule has 0 fully saturated rings. The minimum Gasteiger partial charge on any atom is -0.494 e. The number of aliphatic hydroxyl groups is 1. The van der Waals surface area contributed by atoms with E-state index in [2.05, 4.69) is 16.9 Å². The molecular formula is C17H23N3O3. The number of nitrogens with two attached hydrogens (primary N) is 1. The Balaban J connectivity index is 1.99. The van der Waals surface area contributed by atoms with Crippen LogP contribution < -0.4 is 10.5 Å². The normalized spacial score (nSPS) is 13.6. The van der Waals surface area contributed by atoms with Crippen molar-refractivity contribution in [3.8, 4) is 5.75 Å². The molecule has 0 saturated heterocycles. The molecule has 0 bridgehead atoms. The Morgan fingerprint density at radius 2 is 2.13 bits per heavy atom. The number of aryl methyl sites for hydroxylation is 2. The monoisotopic (exact) mass is 317 g/mol. The van der Waals surface area contributed by atoms with Gasteiger partial charge >= 0.3 is 0 Å². The zero-order chi connectivity index (χ0) is 17.0. The highest BCUT2D eigenvalue weighted by molar-refractivity contribution is 5.90. The first-order valence-electron chi connectivity index (χ1n) is 7.61. The summed E-state index contributed by atoms with van der Waals surface area (Å²) in [4.78, 5) is 18.1. The third-order valence-corrected chi connectivity index (χ3v) is 3.97. The van der Waals surface area contributed by atoms with Crippen LogP contribution in [0.15, 0.2) is 24.4 Å². The number of amides is 1. The number of aliphatic hydroxyl groups excluding tert-OH is 1. The minimum atomic E-state index is -0.620. The molecule has 0 unspecified atom stereocenters. The summed E-state index contributed by atoms with van der Waals surface area (Å²) in [5.74, 6) is 0.515. The van der Waals surface area contributed by atoms with Crippen molar-refractivity contribution < 1.29 is 14.6 Å². The molecule has 0 aliphatic heterocycles. The molecule has 23 heavy (non-hydrogen) atoms. The van der Waals surface area contributed by atoms with Gasteiger partial charge in [-0.3, -0.25) is 4.79 Å². The maximum absolute atomic E-state index is 11.1. The van der Waals surface area contributed by atoms with Crippen LogP contribution >= 0.6 is 0 Å². The van der Waals surface area contributed by atoms with Crippen molar-refractivity contribution in [2.75, 3.05) is 6.61 Å². The molecule has 124 valence electrons. The summed E-state index contributed by atoms with van der Waals surface area (Å²) in [6.07, 6.45) is 1.33. The molecular weight excluding hydrogens is 294 g/mol. The summed E-state index contributed by atoms with van der Waals surface area (Å²) in [6, 6.07) is 5.94. The van der Waals surface area contributed by atoms with Gasteiger partial charge in [-0.2, -0.15) is 0 Å². The second-order valence-corrected chi connectivity index (χ2v) is 5.78. The fourth-order valence-electron chi connectivity index (χ4n) is 2.36. The second-order valence-electron chi connectivity index (χ2n) is 5.78. The standard InChI is InChI=1S/C17H23N3O3/c1-10-4-5-13(8-11(10)2)23-7-6-14(12(3)21)17-19-9-15(20-17)16(18)22/h4-5,8-9,12,14,21H,6-7H2,1-3H3,(H2,18,22)(H,19,20)/t12-,14-/m0/s1. The molecule has 0 radical (unpaired) electrons. The Morgan fingerprint density at radius 1 is 1.39 bits per heavy atom. The Labute approximate surface area is 135 Å². The number of carbonyl (C=O) groups is 1. The van der Waals surface area contributed by atoms with Crippen molar-refractivity contribution in [3.05, 3.63) is 47.0 Å². The fraction of sp³-hybridized carbons (Fsp3) is 0.412. The predicted molar refractivity (Wildman–Crippen MR) is 87.6 cm³/mol. The van der Waals surface area contributed by atoms with Crippen molar-refractivity contribution in [3.63, 3.8) is 0 Å². The third kappa shape index (κ3) is 4.32. The van der Waals surface area contributed by atoms with Crippen LogP contribution in [0.5, 0.6) is 5.75 Å². The molecule has 6 nitrogen and oxygen atoms in total. The van der Waals surface area contributed by atoms with E-state index in [0.29, 0.717) is 18.9 Å². The largest absolute Gasteiger partial charge is 0.494 e. The highest BCUT2D eigenvalue weighted by atomic mass is 16.5. The van der Waals surface area contributed by atoms with Crippen LogP contribution in [0.4, 0.5) is 0 Å². The lowest BCUT2D eigenvalue weighted by Gasteiger charge is -2.18. The fourth-order valence-corrected chi connectivity index (χ4v) is 2.36. The summed E-state index contributed by atoms with van der Waals surface area (Å²) in [7, 11) is 0.